The van der Waals surface area contributed by atoms with E-state index in [1.165, 1.54) is 13.8 Å². The largest absolute Gasteiger partial charge is 0.490 e. The number of fused-ring (bicyclic) bond motifs is 1. The second kappa shape index (κ2) is 12.0. The van der Waals surface area contributed by atoms with Crippen molar-refractivity contribution >= 4 is 22.7 Å². The van der Waals surface area contributed by atoms with Crippen molar-refractivity contribution in [3.63, 3.8) is 0 Å². The third-order valence-corrected chi connectivity index (χ3v) is 4.57. The van der Waals surface area contributed by atoms with Crippen molar-refractivity contribution < 1.29 is 38.7 Å². The Bertz CT molecular complexity index is 1030. The molecule has 0 heterocycles. The highest BCUT2D eigenvalue weighted by Gasteiger charge is 2.18. The van der Waals surface area contributed by atoms with Crippen LogP contribution in [0.1, 0.15) is 19.4 Å². The predicted molar refractivity (Wildman–Crippen MR) is 123 cm³/mol. The van der Waals surface area contributed by atoms with E-state index in [0.717, 1.165) is 16.3 Å². The normalized spacial score (nSPS) is 12.5. The zero-order valence-electron chi connectivity index (χ0n) is 19.1. The quantitative estimate of drug-likeness (QED) is 0.369. The molecule has 0 aliphatic carbocycles. The standard InChI is InChI=1S/C25H30O8/c1-15(2)24(28)32-13-18(27)12-31-23-17(5)10-22(20-8-6-7-9-21(20)23)30-14-19(11-26)33-25(29)16(3)4/h6-10,18-19,26-27H,1,3,11-14H2,2,4-5H3. The molecule has 0 amide bonds. The number of hydrogen-bond donors (Lipinski definition) is 2. The van der Waals surface area contributed by atoms with Gasteiger partial charge in [0, 0.05) is 21.9 Å². The van der Waals surface area contributed by atoms with E-state index in [4.69, 9.17) is 18.9 Å². The predicted octanol–water partition coefficient (Wildman–Crippen LogP) is 2.87. The Hall–Kier alpha value is -3.36. The van der Waals surface area contributed by atoms with E-state index in [9.17, 15) is 19.8 Å². The van der Waals surface area contributed by atoms with Gasteiger partial charge in [0.15, 0.2) is 6.10 Å². The van der Waals surface area contributed by atoms with Gasteiger partial charge in [0.25, 0.3) is 0 Å². The molecule has 0 aliphatic rings. The number of carbonyl (C=O) groups is 2. The summed E-state index contributed by atoms with van der Waals surface area (Å²) in [6, 6.07) is 9.14. The zero-order valence-corrected chi connectivity index (χ0v) is 19.1. The van der Waals surface area contributed by atoms with Gasteiger partial charge >= 0.3 is 11.9 Å². The maximum atomic E-state index is 11.7. The SMILES string of the molecule is C=C(C)C(=O)OCC(O)COc1c(C)cc(OCC(CO)OC(=O)C(=C)C)c2ccccc12. The van der Waals surface area contributed by atoms with Crippen LogP contribution in [0.15, 0.2) is 54.6 Å². The van der Waals surface area contributed by atoms with Gasteiger partial charge in [-0.3, -0.25) is 0 Å². The first-order valence-corrected chi connectivity index (χ1v) is 10.4. The second-order valence-electron chi connectivity index (χ2n) is 7.71. The summed E-state index contributed by atoms with van der Waals surface area (Å²) < 4.78 is 21.8. The van der Waals surface area contributed by atoms with E-state index < -0.39 is 30.8 Å². The first-order valence-electron chi connectivity index (χ1n) is 10.4. The summed E-state index contributed by atoms with van der Waals surface area (Å²) in [5.41, 5.74) is 1.22. The molecule has 0 radical (unpaired) electrons. The minimum absolute atomic E-state index is 0.0496. The smallest absolute Gasteiger partial charge is 0.333 e. The molecule has 0 aromatic heterocycles. The van der Waals surface area contributed by atoms with Crippen LogP contribution in [-0.4, -0.2) is 60.8 Å². The maximum Gasteiger partial charge on any atom is 0.333 e. The summed E-state index contributed by atoms with van der Waals surface area (Å²) in [5.74, 6) is -0.103. The lowest BCUT2D eigenvalue weighted by molar-refractivity contribution is -0.148. The van der Waals surface area contributed by atoms with Crippen molar-refractivity contribution in [3.05, 3.63) is 60.2 Å². The van der Waals surface area contributed by atoms with Crippen molar-refractivity contribution in [1.29, 1.82) is 0 Å². The topological polar surface area (TPSA) is 112 Å². The summed E-state index contributed by atoms with van der Waals surface area (Å²) in [6.45, 7) is 11.1. The number of esters is 2. The van der Waals surface area contributed by atoms with E-state index in [1.807, 2.05) is 31.2 Å². The van der Waals surface area contributed by atoms with Gasteiger partial charge in [0.1, 0.15) is 37.4 Å². The molecular weight excluding hydrogens is 428 g/mol. The molecule has 178 valence electrons. The van der Waals surface area contributed by atoms with Crippen LogP contribution in [0.4, 0.5) is 0 Å². The van der Waals surface area contributed by atoms with Crippen LogP contribution in [0.3, 0.4) is 0 Å². The number of aliphatic hydroxyl groups is 2. The number of aryl methyl sites for hydroxylation is 1. The molecule has 2 aromatic rings. The summed E-state index contributed by atoms with van der Waals surface area (Å²) in [7, 11) is 0. The van der Waals surface area contributed by atoms with Gasteiger partial charge in [0.05, 0.1) is 6.61 Å². The maximum absolute atomic E-state index is 11.7. The average molecular weight is 459 g/mol. The molecule has 0 spiro atoms. The van der Waals surface area contributed by atoms with E-state index in [-0.39, 0.29) is 31.0 Å². The van der Waals surface area contributed by atoms with Crippen LogP contribution in [-0.2, 0) is 19.1 Å². The van der Waals surface area contributed by atoms with E-state index in [1.54, 1.807) is 6.07 Å². The van der Waals surface area contributed by atoms with Gasteiger partial charge in [-0.2, -0.15) is 0 Å². The van der Waals surface area contributed by atoms with E-state index in [0.29, 0.717) is 11.5 Å². The van der Waals surface area contributed by atoms with Crippen molar-refractivity contribution in [2.45, 2.75) is 33.0 Å². The third kappa shape index (κ3) is 7.34. The Morgan fingerprint density at radius 1 is 0.970 bits per heavy atom. The number of carbonyl (C=O) groups excluding carboxylic acids is 2. The Balaban J connectivity index is 2.14. The Morgan fingerprint density at radius 2 is 1.61 bits per heavy atom. The second-order valence-corrected chi connectivity index (χ2v) is 7.71. The van der Waals surface area contributed by atoms with Crippen LogP contribution in [0.2, 0.25) is 0 Å². The summed E-state index contributed by atoms with van der Waals surface area (Å²) in [5, 5.41) is 21.1. The molecule has 33 heavy (non-hydrogen) atoms. The molecule has 8 heteroatoms. The van der Waals surface area contributed by atoms with Crippen LogP contribution in [0.5, 0.6) is 11.5 Å². The molecular formula is C25H30O8. The lowest BCUT2D eigenvalue weighted by atomic mass is 10.0. The van der Waals surface area contributed by atoms with Gasteiger partial charge < -0.3 is 29.2 Å². The highest BCUT2D eigenvalue weighted by atomic mass is 16.6. The summed E-state index contributed by atoms with van der Waals surface area (Å²) in [6.07, 6.45) is -1.86. The molecule has 2 N–H and O–H groups in total. The average Bonchev–Trinajstić information content (AvgIpc) is 2.79. The highest BCUT2D eigenvalue weighted by molar-refractivity contribution is 5.94. The Labute approximate surface area is 193 Å². The molecule has 0 saturated heterocycles. The summed E-state index contributed by atoms with van der Waals surface area (Å²) in [4.78, 5) is 23.2. The lowest BCUT2D eigenvalue weighted by Gasteiger charge is -2.20. The fourth-order valence-electron chi connectivity index (χ4n) is 2.84. The van der Waals surface area contributed by atoms with Crippen LogP contribution in [0.25, 0.3) is 10.8 Å². The monoisotopic (exact) mass is 458 g/mol. The molecule has 8 nitrogen and oxygen atoms in total. The molecule has 2 rings (SSSR count). The van der Waals surface area contributed by atoms with E-state index >= 15 is 0 Å². The molecule has 2 unspecified atom stereocenters. The number of aliphatic hydroxyl groups excluding tert-OH is 2. The Morgan fingerprint density at radius 3 is 2.21 bits per heavy atom. The van der Waals surface area contributed by atoms with Crippen molar-refractivity contribution in [1.82, 2.24) is 0 Å². The van der Waals surface area contributed by atoms with Crippen LogP contribution in [0, 0.1) is 6.92 Å². The van der Waals surface area contributed by atoms with Crippen molar-refractivity contribution in [2.75, 3.05) is 26.4 Å². The molecule has 0 aliphatic heterocycles. The van der Waals surface area contributed by atoms with Crippen LogP contribution >= 0.6 is 0 Å². The van der Waals surface area contributed by atoms with Gasteiger partial charge in [-0.15, -0.1) is 0 Å². The fraction of sp³-hybridized carbons (Fsp3) is 0.360. The number of rotatable bonds is 12. The Kier molecular flexibility index (Phi) is 9.44. The van der Waals surface area contributed by atoms with Gasteiger partial charge in [-0.1, -0.05) is 37.4 Å². The number of benzene rings is 2. The number of hydrogen-bond acceptors (Lipinski definition) is 8. The molecule has 2 atom stereocenters. The molecule has 0 bridgehead atoms. The molecule has 0 fully saturated rings. The van der Waals surface area contributed by atoms with E-state index in [2.05, 4.69) is 13.2 Å². The first-order chi connectivity index (χ1) is 15.6. The minimum Gasteiger partial charge on any atom is -0.490 e. The van der Waals surface area contributed by atoms with Gasteiger partial charge in [-0.25, -0.2) is 9.59 Å². The van der Waals surface area contributed by atoms with Crippen molar-refractivity contribution in [2.24, 2.45) is 0 Å². The zero-order chi connectivity index (χ0) is 24.5. The summed E-state index contributed by atoms with van der Waals surface area (Å²) >= 11 is 0. The first kappa shape index (κ1) is 25.9. The number of ether oxygens (including phenoxy) is 4. The fourth-order valence-corrected chi connectivity index (χ4v) is 2.84. The lowest BCUT2D eigenvalue weighted by Crippen LogP contribution is -2.28. The molecule has 0 saturated carbocycles. The van der Waals surface area contributed by atoms with Gasteiger partial charge in [0.2, 0.25) is 0 Å². The van der Waals surface area contributed by atoms with Crippen molar-refractivity contribution in [3.8, 4) is 11.5 Å². The minimum atomic E-state index is -1.02. The highest BCUT2D eigenvalue weighted by Crippen LogP contribution is 2.36. The van der Waals surface area contributed by atoms with Crippen LogP contribution < -0.4 is 9.47 Å². The molecule has 2 aromatic carbocycles. The third-order valence-electron chi connectivity index (χ3n) is 4.57. The van der Waals surface area contributed by atoms with Gasteiger partial charge in [-0.05, 0) is 32.4 Å².